The van der Waals surface area contributed by atoms with E-state index >= 15 is 0 Å². The van der Waals surface area contributed by atoms with Gasteiger partial charge in [0.25, 0.3) is 0 Å². The molecule has 1 aliphatic heterocycles. The average Bonchev–Trinajstić information content (AvgIpc) is 2.52. The second-order valence-corrected chi connectivity index (χ2v) is 6.78. The van der Waals surface area contributed by atoms with Crippen LogP contribution in [0.1, 0.15) is 39.2 Å². The molecule has 23 heavy (non-hydrogen) atoms. The van der Waals surface area contributed by atoms with Gasteiger partial charge in [-0.3, -0.25) is 4.99 Å². The Morgan fingerprint density at radius 2 is 2.09 bits per heavy atom. The van der Waals surface area contributed by atoms with Crippen LogP contribution in [0.4, 0.5) is 4.39 Å². The molecule has 0 aliphatic carbocycles. The number of halogens is 1. The lowest BCUT2D eigenvalue weighted by Gasteiger charge is -2.33. The van der Waals surface area contributed by atoms with Crippen molar-refractivity contribution < 1.29 is 9.50 Å². The third-order valence-electron chi connectivity index (χ3n) is 4.33. The molecule has 0 spiro atoms. The molecule has 1 aromatic carbocycles. The molecule has 2 rings (SSSR count). The molecule has 1 fully saturated rings. The second kappa shape index (κ2) is 7.77. The minimum absolute atomic E-state index is 0.196. The highest BCUT2D eigenvalue weighted by Gasteiger charge is 2.23. The minimum Gasteiger partial charge on any atom is -0.393 e. The van der Waals surface area contributed by atoms with Gasteiger partial charge in [0.15, 0.2) is 5.96 Å². The van der Waals surface area contributed by atoms with Crippen LogP contribution in [0.5, 0.6) is 0 Å². The van der Waals surface area contributed by atoms with Gasteiger partial charge in [-0.25, -0.2) is 4.39 Å². The second-order valence-electron chi connectivity index (χ2n) is 6.78. The Hall–Kier alpha value is -1.62. The quantitative estimate of drug-likeness (QED) is 0.662. The van der Waals surface area contributed by atoms with E-state index in [1.54, 1.807) is 12.1 Å². The van der Waals surface area contributed by atoms with E-state index in [1.807, 2.05) is 13.0 Å². The summed E-state index contributed by atoms with van der Waals surface area (Å²) in [4.78, 5) is 6.96. The predicted molar refractivity (Wildman–Crippen MR) is 92.2 cm³/mol. The fourth-order valence-electron chi connectivity index (χ4n) is 2.78. The van der Waals surface area contributed by atoms with Gasteiger partial charge in [-0.2, -0.15) is 0 Å². The highest BCUT2D eigenvalue weighted by Crippen LogP contribution is 2.24. The average molecular weight is 321 g/mol. The van der Waals surface area contributed by atoms with Crippen molar-refractivity contribution >= 4 is 5.96 Å². The Kier molecular flexibility index (Phi) is 5.99. The Balaban J connectivity index is 2.09. The molecule has 1 aliphatic rings. The fourth-order valence-corrected chi connectivity index (χ4v) is 2.78. The summed E-state index contributed by atoms with van der Waals surface area (Å²) < 4.78 is 13.5. The highest BCUT2D eigenvalue weighted by atomic mass is 19.1. The zero-order valence-corrected chi connectivity index (χ0v) is 14.3. The first-order valence-corrected chi connectivity index (χ1v) is 8.40. The summed E-state index contributed by atoms with van der Waals surface area (Å²) >= 11 is 0. The van der Waals surface area contributed by atoms with Crippen LogP contribution in [0.3, 0.4) is 0 Å². The van der Waals surface area contributed by atoms with Gasteiger partial charge < -0.3 is 15.3 Å². The van der Waals surface area contributed by atoms with E-state index in [9.17, 15) is 9.50 Å². The largest absolute Gasteiger partial charge is 0.393 e. The zero-order chi connectivity index (χ0) is 16.9. The number of hydrogen-bond donors (Lipinski definition) is 2. The predicted octanol–water partition coefficient (Wildman–Crippen LogP) is 2.53. The van der Waals surface area contributed by atoms with Gasteiger partial charge in [0, 0.05) is 25.0 Å². The first-order valence-electron chi connectivity index (χ1n) is 8.40. The molecule has 0 atom stereocenters. The van der Waals surface area contributed by atoms with Crippen molar-refractivity contribution in [3.63, 3.8) is 0 Å². The molecule has 0 radical (unpaired) electrons. The fraction of sp³-hybridized carbons (Fsp3) is 0.611. The van der Waals surface area contributed by atoms with Gasteiger partial charge in [0.2, 0.25) is 0 Å². The van der Waals surface area contributed by atoms with E-state index in [0.29, 0.717) is 6.54 Å². The number of nitrogens with zero attached hydrogens (tertiary/aromatic N) is 2. The third kappa shape index (κ3) is 4.93. The van der Waals surface area contributed by atoms with E-state index in [1.165, 1.54) is 6.07 Å². The first kappa shape index (κ1) is 17.7. The standard InChI is InChI=1S/C18H28FN3O/c1-4-20-17(22-10-8-16(23)9-11-22)21-13-18(2,3)14-6-5-7-15(19)12-14/h5-7,12,16,23H,4,8-11,13H2,1-3H3,(H,20,21). The van der Waals surface area contributed by atoms with E-state index in [0.717, 1.165) is 44.0 Å². The number of guanidine groups is 1. The normalized spacial score (nSPS) is 17.4. The van der Waals surface area contributed by atoms with Crippen LogP contribution >= 0.6 is 0 Å². The monoisotopic (exact) mass is 321 g/mol. The number of aliphatic imine (C=N–C) groups is 1. The summed E-state index contributed by atoms with van der Waals surface area (Å²) in [5.74, 6) is 0.667. The van der Waals surface area contributed by atoms with E-state index in [4.69, 9.17) is 4.99 Å². The molecule has 0 aromatic heterocycles. The summed E-state index contributed by atoms with van der Waals surface area (Å²) in [7, 11) is 0. The number of aliphatic hydroxyl groups excluding tert-OH is 1. The van der Waals surface area contributed by atoms with Crippen LogP contribution in [0, 0.1) is 5.82 Å². The summed E-state index contributed by atoms with van der Waals surface area (Å²) in [6.45, 7) is 9.21. The Morgan fingerprint density at radius 3 is 2.70 bits per heavy atom. The maximum atomic E-state index is 13.5. The van der Waals surface area contributed by atoms with Crippen molar-refractivity contribution in [2.24, 2.45) is 4.99 Å². The molecule has 1 saturated heterocycles. The lowest BCUT2D eigenvalue weighted by Crippen LogP contribution is -2.47. The van der Waals surface area contributed by atoms with Gasteiger partial charge in [0.05, 0.1) is 12.6 Å². The van der Waals surface area contributed by atoms with E-state index in [-0.39, 0.29) is 17.3 Å². The van der Waals surface area contributed by atoms with Crippen molar-refractivity contribution in [1.82, 2.24) is 10.2 Å². The van der Waals surface area contributed by atoms with Crippen LogP contribution < -0.4 is 5.32 Å². The molecule has 0 amide bonds. The van der Waals surface area contributed by atoms with Crippen LogP contribution in [0.2, 0.25) is 0 Å². The number of hydrogen-bond acceptors (Lipinski definition) is 2. The molecule has 0 saturated carbocycles. The topological polar surface area (TPSA) is 47.9 Å². The Bertz CT molecular complexity index is 537. The zero-order valence-electron chi connectivity index (χ0n) is 14.3. The molecule has 0 bridgehead atoms. The van der Waals surface area contributed by atoms with Crippen molar-refractivity contribution in [2.45, 2.75) is 45.1 Å². The van der Waals surface area contributed by atoms with Gasteiger partial charge in [-0.05, 0) is 37.5 Å². The number of rotatable bonds is 4. The van der Waals surface area contributed by atoms with Gasteiger partial charge in [-0.15, -0.1) is 0 Å². The number of piperidine rings is 1. The van der Waals surface area contributed by atoms with Crippen molar-refractivity contribution in [3.8, 4) is 0 Å². The Labute approximate surface area is 138 Å². The summed E-state index contributed by atoms with van der Waals surface area (Å²) in [6.07, 6.45) is 1.35. The molecule has 1 heterocycles. The molecular weight excluding hydrogens is 293 g/mol. The number of nitrogens with one attached hydrogen (secondary N) is 1. The van der Waals surface area contributed by atoms with Gasteiger partial charge in [-0.1, -0.05) is 26.0 Å². The Morgan fingerprint density at radius 1 is 1.39 bits per heavy atom. The minimum atomic E-state index is -0.238. The molecule has 5 heteroatoms. The van der Waals surface area contributed by atoms with Crippen molar-refractivity contribution in [1.29, 1.82) is 0 Å². The van der Waals surface area contributed by atoms with E-state index < -0.39 is 0 Å². The third-order valence-corrected chi connectivity index (χ3v) is 4.33. The first-order chi connectivity index (χ1) is 10.9. The van der Waals surface area contributed by atoms with Gasteiger partial charge in [0.1, 0.15) is 5.82 Å². The summed E-state index contributed by atoms with van der Waals surface area (Å²) in [6, 6.07) is 6.74. The molecule has 0 unspecified atom stereocenters. The van der Waals surface area contributed by atoms with Crippen LogP contribution in [0.25, 0.3) is 0 Å². The smallest absolute Gasteiger partial charge is 0.193 e. The van der Waals surface area contributed by atoms with E-state index in [2.05, 4.69) is 24.1 Å². The molecule has 128 valence electrons. The van der Waals surface area contributed by atoms with Crippen molar-refractivity contribution in [2.75, 3.05) is 26.2 Å². The van der Waals surface area contributed by atoms with Crippen molar-refractivity contribution in [3.05, 3.63) is 35.6 Å². The molecular formula is C18H28FN3O. The highest BCUT2D eigenvalue weighted by molar-refractivity contribution is 5.80. The number of likely N-dealkylation sites (tertiary alicyclic amines) is 1. The molecule has 1 aromatic rings. The lowest BCUT2D eigenvalue weighted by atomic mass is 9.85. The number of benzene rings is 1. The van der Waals surface area contributed by atoms with Crippen LogP contribution in [-0.4, -0.2) is 48.2 Å². The molecule has 4 nitrogen and oxygen atoms in total. The lowest BCUT2D eigenvalue weighted by molar-refractivity contribution is 0.108. The van der Waals surface area contributed by atoms with Gasteiger partial charge >= 0.3 is 0 Å². The maximum absolute atomic E-state index is 13.5. The summed E-state index contributed by atoms with van der Waals surface area (Å²) in [5, 5.41) is 13.0. The maximum Gasteiger partial charge on any atom is 0.193 e. The SMILES string of the molecule is CCNC(=NCC(C)(C)c1cccc(F)c1)N1CCC(O)CC1. The number of aliphatic hydroxyl groups is 1. The molecule has 2 N–H and O–H groups in total. The van der Waals surface area contributed by atoms with Crippen LogP contribution in [0.15, 0.2) is 29.3 Å². The summed E-state index contributed by atoms with van der Waals surface area (Å²) in [5.41, 5.74) is 0.712. The van der Waals surface area contributed by atoms with Crippen LogP contribution in [-0.2, 0) is 5.41 Å².